The van der Waals surface area contributed by atoms with Crippen LogP contribution in [0.15, 0.2) is 30.3 Å². The molecule has 1 atom stereocenters. The fourth-order valence-corrected chi connectivity index (χ4v) is 3.56. The van der Waals surface area contributed by atoms with E-state index < -0.39 is 12.0 Å². The van der Waals surface area contributed by atoms with Gasteiger partial charge in [-0.15, -0.1) is 0 Å². The van der Waals surface area contributed by atoms with E-state index in [0.717, 1.165) is 29.1 Å². The number of aromatic nitrogens is 1. The van der Waals surface area contributed by atoms with Gasteiger partial charge in [0.2, 0.25) is 0 Å². The molecule has 3 rings (SSSR count). The molecule has 0 aliphatic carbocycles. The van der Waals surface area contributed by atoms with Gasteiger partial charge < -0.3 is 14.6 Å². The molecule has 1 aromatic carbocycles. The molecule has 1 aliphatic heterocycles. The number of hydrogen-bond acceptors (Lipinski definition) is 2. The van der Waals surface area contributed by atoms with Crippen LogP contribution in [0.5, 0.6) is 0 Å². The first-order chi connectivity index (χ1) is 11.4. The van der Waals surface area contributed by atoms with Crippen LogP contribution in [0.1, 0.15) is 40.2 Å². The molecule has 1 fully saturated rings. The normalized spacial score (nSPS) is 17.3. The number of likely N-dealkylation sites (tertiary alicyclic amines) is 1. The Labute approximate surface area is 141 Å². The van der Waals surface area contributed by atoms with E-state index in [2.05, 4.69) is 6.07 Å². The van der Waals surface area contributed by atoms with Crippen LogP contribution in [-0.4, -0.2) is 39.0 Å². The Balaban J connectivity index is 2.00. The van der Waals surface area contributed by atoms with Crippen molar-refractivity contribution in [3.63, 3.8) is 0 Å². The molecule has 0 unspecified atom stereocenters. The highest BCUT2D eigenvalue weighted by molar-refractivity contribution is 5.98. The van der Waals surface area contributed by atoms with Gasteiger partial charge in [-0.2, -0.15) is 0 Å². The molecule has 5 heteroatoms. The van der Waals surface area contributed by atoms with Crippen LogP contribution in [0, 0.1) is 20.8 Å². The number of carbonyl (C=O) groups is 2. The molecule has 0 spiro atoms. The molecule has 1 amide bonds. The molecule has 1 aromatic heterocycles. The minimum absolute atomic E-state index is 0.188. The number of aliphatic carboxylic acids is 1. The molecule has 2 aromatic rings. The zero-order chi connectivity index (χ0) is 17.4. The van der Waals surface area contributed by atoms with Crippen LogP contribution < -0.4 is 0 Å². The van der Waals surface area contributed by atoms with Gasteiger partial charge in [0, 0.05) is 23.6 Å². The molecular formula is C19H22N2O3. The third-order valence-corrected chi connectivity index (χ3v) is 4.72. The predicted octanol–water partition coefficient (Wildman–Crippen LogP) is 3.09. The number of aryl methyl sites for hydroxylation is 2. The quantitative estimate of drug-likeness (QED) is 0.943. The Kier molecular flexibility index (Phi) is 4.18. The number of benzene rings is 1. The van der Waals surface area contributed by atoms with E-state index in [1.807, 2.05) is 49.6 Å². The summed E-state index contributed by atoms with van der Waals surface area (Å²) in [5, 5.41) is 9.32. The van der Waals surface area contributed by atoms with E-state index >= 15 is 0 Å². The fraction of sp³-hybridized carbons (Fsp3) is 0.368. The first-order valence-electron chi connectivity index (χ1n) is 8.20. The molecule has 2 heterocycles. The van der Waals surface area contributed by atoms with Gasteiger partial charge in [-0.25, -0.2) is 4.79 Å². The second-order valence-electron chi connectivity index (χ2n) is 6.45. The molecule has 0 saturated carbocycles. The summed E-state index contributed by atoms with van der Waals surface area (Å²) in [6.07, 6.45) is 1.26. The molecule has 1 saturated heterocycles. The van der Waals surface area contributed by atoms with E-state index in [-0.39, 0.29) is 5.91 Å². The van der Waals surface area contributed by atoms with Crippen molar-refractivity contribution in [2.24, 2.45) is 0 Å². The lowest BCUT2D eigenvalue weighted by atomic mass is 10.1. The summed E-state index contributed by atoms with van der Waals surface area (Å²) in [6.45, 7) is 6.41. The van der Waals surface area contributed by atoms with Crippen molar-refractivity contribution in [2.45, 2.75) is 39.7 Å². The maximum Gasteiger partial charge on any atom is 0.326 e. The number of hydrogen-bond donors (Lipinski definition) is 1. The number of amides is 1. The molecule has 0 bridgehead atoms. The van der Waals surface area contributed by atoms with Crippen LogP contribution in [0.3, 0.4) is 0 Å². The summed E-state index contributed by atoms with van der Waals surface area (Å²) in [6, 6.07) is 9.26. The molecule has 1 N–H and O–H groups in total. The van der Waals surface area contributed by atoms with Crippen LogP contribution in [0.2, 0.25) is 0 Å². The van der Waals surface area contributed by atoms with Crippen molar-refractivity contribution < 1.29 is 14.7 Å². The second-order valence-corrected chi connectivity index (χ2v) is 6.45. The van der Waals surface area contributed by atoms with Gasteiger partial charge in [0.15, 0.2) is 0 Å². The van der Waals surface area contributed by atoms with Gasteiger partial charge in [0.1, 0.15) is 6.04 Å². The summed E-state index contributed by atoms with van der Waals surface area (Å²) < 4.78 is 2.05. The van der Waals surface area contributed by atoms with Crippen LogP contribution in [0.4, 0.5) is 0 Å². The van der Waals surface area contributed by atoms with Crippen LogP contribution >= 0.6 is 0 Å². The molecular weight excluding hydrogens is 304 g/mol. The first kappa shape index (κ1) is 16.3. The van der Waals surface area contributed by atoms with Crippen molar-refractivity contribution in [1.29, 1.82) is 0 Å². The second kappa shape index (κ2) is 6.15. The number of carboxylic acid groups (broad SMARTS) is 1. The Morgan fingerprint density at radius 1 is 1.17 bits per heavy atom. The van der Waals surface area contributed by atoms with Crippen LogP contribution in [0.25, 0.3) is 5.69 Å². The number of nitrogens with zero attached hydrogens (tertiary/aromatic N) is 2. The van der Waals surface area contributed by atoms with E-state index in [4.69, 9.17) is 0 Å². The Hall–Kier alpha value is -2.56. The predicted molar refractivity (Wildman–Crippen MR) is 91.7 cm³/mol. The maximum atomic E-state index is 12.9. The van der Waals surface area contributed by atoms with E-state index in [0.29, 0.717) is 18.5 Å². The third kappa shape index (κ3) is 2.70. The SMILES string of the molecule is Cc1cccc(-n2c(C)cc(C(=O)N3CCC[C@H]3C(=O)O)c2C)c1. The minimum atomic E-state index is -0.923. The van der Waals surface area contributed by atoms with E-state index in [1.54, 1.807) is 0 Å². The zero-order valence-corrected chi connectivity index (χ0v) is 14.2. The van der Waals surface area contributed by atoms with Crippen molar-refractivity contribution in [3.8, 4) is 5.69 Å². The van der Waals surface area contributed by atoms with E-state index in [9.17, 15) is 14.7 Å². The monoisotopic (exact) mass is 326 g/mol. The smallest absolute Gasteiger partial charge is 0.326 e. The highest BCUT2D eigenvalue weighted by atomic mass is 16.4. The van der Waals surface area contributed by atoms with Crippen molar-refractivity contribution in [3.05, 3.63) is 52.8 Å². The Morgan fingerprint density at radius 2 is 1.92 bits per heavy atom. The van der Waals surface area contributed by atoms with Crippen molar-refractivity contribution >= 4 is 11.9 Å². The fourth-order valence-electron chi connectivity index (χ4n) is 3.56. The van der Waals surface area contributed by atoms with Gasteiger partial charge in [-0.05, 0) is 57.4 Å². The van der Waals surface area contributed by atoms with Gasteiger partial charge in [-0.1, -0.05) is 12.1 Å². The Bertz CT molecular complexity index is 807. The lowest BCUT2D eigenvalue weighted by molar-refractivity contribution is -0.141. The molecule has 1 aliphatic rings. The Morgan fingerprint density at radius 3 is 2.58 bits per heavy atom. The lowest BCUT2D eigenvalue weighted by Gasteiger charge is -2.21. The van der Waals surface area contributed by atoms with Crippen molar-refractivity contribution in [1.82, 2.24) is 9.47 Å². The summed E-state index contributed by atoms with van der Waals surface area (Å²) in [5.74, 6) is -1.11. The standard InChI is InChI=1S/C19H22N2O3/c1-12-6-4-7-15(10-12)21-13(2)11-16(14(21)3)18(22)20-9-5-8-17(20)19(23)24/h4,6-7,10-11,17H,5,8-9H2,1-3H3,(H,23,24)/t17-/m0/s1. The molecule has 24 heavy (non-hydrogen) atoms. The summed E-state index contributed by atoms with van der Waals surface area (Å²) in [7, 11) is 0. The number of carbonyl (C=O) groups excluding carboxylic acids is 1. The molecule has 5 nitrogen and oxygen atoms in total. The topological polar surface area (TPSA) is 62.5 Å². The van der Waals surface area contributed by atoms with Gasteiger partial charge in [0.25, 0.3) is 5.91 Å². The minimum Gasteiger partial charge on any atom is -0.480 e. The maximum absolute atomic E-state index is 12.9. The van der Waals surface area contributed by atoms with Gasteiger partial charge >= 0.3 is 5.97 Å². The van der Waals surface area contributed by atoms with Gasteiger partial charge in [-0.3, -0.25) is 4.79 Å². The average Bonchev–Trinajstić information content (AvgIpc) is 3.11. The highest BCUT2D eigenvalue weighted by Gasteiger charge is 2.35. The molecule has 126 valence electrons. The first-order valence-corrected chi connectivity index (χ1v) is 8.20. The number of carboxylic acids is 1. The van der Waals surface area contributed by atoms with Crippen molar-refractivity contribution in [2.75, 3.05) is 6.54 Å². The average molecular weight is 326 g/mol. The largest absolute Gasteiger partial charge is 0.480 e. The number of rotatable bonds is 3. The summed E-state index contributed by atoms with van der Waals surface area (Å²) in [4.78, 5) is 25.8. The lowest BCUT2D eigenvalue weighted by Crippen LogP contribution is -2.40. The third-order valence-electron chi connectivity index (χ3n) is 4.72. The van der Waals surface area contributed by atoms with E-state index in [1.165, 1.54) is 4.90 Å². The highest BCUT2D eigenvalue weighted by Crippen LogP contribution is 2.26. The summed E-state index contributed by atoms with van der Waals surface area (Å²) >= 11 is 0. The van der Waals surface area contributed by atoms with Crippen LogP contribution in [-0.2, 0) is 4.79 Å². The zero-order valence-electron chi connectivity index (χ0n) is 14.2. The molecule has 0 radical (unpaired) electrons. The summed E-state index contributed by atoms with van der Waals surface area (Å²) in [5.41, 5.74) is 4.56. The van der Waals surface area contributed by atoms with Gasteiger partial charge in [0.05, 0.1) is 5.56 Å².